The van der Waals surface area contributed by atoms with Crippen LogP contribution in [0.2, 0.25) is 0 Å². The summed E-state index contributed by atoms with van der Waals surface area (Å²) in [5.41, 5.74) is 5.54. The van der Waals surface area contributed by atoms with Crippen LogP contribution in [0, 0.1) is 13.8 Å². The maximum absolute atomic E-state index is 12.2. The van der Waals surface area contributed by atoms with Crippen molar-refractivity contribution >= 4 is 22.4 Å². The van der Waals surface area contributed by atoms with E-state index >= 15 is 0 Å². The summed E-state index contributed by atoms with van der Waals surface area (Å²) in [6.45, 7) is 4.95. The Morgan fingerprint density at radius 1 is 1.04 bits per heavy atom. The maximum Gasteiger partial charge on any atom is 0.228 e. The summed E-state index contributed by atoms with van der Waals surface area (Å²) >= 11 is 1.59. The predicted molar refractivity (Wildman–Crippen MR) is 102 cm³/mol. The first-order chi connectivity index (χ1) is 12.1. The molecule has 4 rings (SSSR count). The first-order valence-corrected chi connectivity index (χ1v) is 9.24. The Morgan fingerprint density at radius 2 is 1.76 bits per heavy atom. The zero-order valence-corrected chi connectivity index (χ0v) is 15.1. The maximum atomic E-state index is 12.2. The summed E-state index contributed by atoms with van der Waals surface area (Å²) in [5, 5.41) is 0.795. The smallest absolute Gasteiger partial charge is 0.228 e. The third-order valence-corrected chi connectivity index (χ3v) is 5.49. The SMILES string of the molecule is Cc1cc(C)cc(-c2nc(N3CCCC3=O)sc2-c2ccncc2)c1. The van der Waals surface area contributed by atoms with Gasteiger partial charge in [-0.05, 0) is 50.1 Å². The van der Waals surface area contributed by atoms with E-state index in [0.717, 1.165) is 39.8 Å². The Hall–Kier alpha value is -2.53. The number of nitrogens with zero attached hydrogens (tertiary/aromatic N) is 3. The van der Waals surface area contributed by atoms with Crippen LogP contribution >= 0.6 is 11.3 Å². The van der Waals surface area contributed by atoms with E-state index in [0.29, 0.717) is 6.42 Å². The fourth-order valence-corrected chi connectivity index (χ4v) is 4.42. The Balaban J connectivity index is 1.89. The number of anilines is 1. The summed E-state index contributed by atoms with van der Waals surface area (Å²) < 4.78 is 0. The van der Waals surface area contributed by atoms with Crippen LogP contribution in [0.1, 0.15) is 24.0 Å². The molecule has 0 radical (unpaired) electrons. The highest BCUT2D eigenvalue weighted by atomic mass is 32.1. The van der Waals surface area contributed by atoms with Crippen molar-refractivity contribution in [2.75, 3.05) is 11.4 Å². The highest BCUT2D eigenvalue weighted by Crippen LogP contribution is 2.41. The van der Waals surface area contributed by atoms with E-state index in [9.17, 15) is 4.79 Å². The molecular weight excluding hydrogens is 330 g/mol. The van der Waals surface area contributed by atoms with Gasteiger partial charge < -0.3 is 0 Å². The Bertz CT molecular complexity index is 913. The van der Waals surface area contributed by atoms with Crippen LogP contribution in [0.5, 0.6) is 0 Å². The van der Waals surface area contributed by atoms with Gasteiger partial charge in [0, 0.05) is 30.9 Å². The topological polar surface area (TPSA) is 46.1 Å². The first-order valence-electron chi connectivity index (χ1n) is 8.42. The molecule has 0 N–H and O–H groups in total. The fourth-order valence-electron chi connectivity index (χ4n) is 3.28. The Morgan fingerprint density at radius 3 is 2.40 bits per heavy atom. The molecule has 0 unspecified atom stereocenters. The average Bonchev–Trinajstić information content (AvgIpc) is 3.21. The van der Waals surface area contributed by atoms with Crippen molar-refractivity contribution < 1.29 is 4.79 Å². The molecule has 1 aliphatic rings. The van der Waals surface area contributed by atoms with Crippen LogP contribution in [-0.2, 0) is 4.79 Å². The van der Waals surface area contributed by atoms with Gasteiger partial charge in [-0.25, -0.2) is 4.98 Å². The normalized spacial score (nSPS) is 14.3. The number of aryl methyl sites for hydroxylation is 2. The van der Waals surface area contributed by atoms with Gasteiger partial charge in [-0.2, -0.15) is 0 Å². The molecule has 2 aromatic heterocycles. The third-order valence-electron chi connectivity index (χ3n) is 4.36. The van der Waals surface area contributed by atoms with Crippen molar-refractivity contribution in [3.05, 3.63) is 53.9 Å². The van der Waals surface area contributed by atoms with Gasteiger partial charge in [-0.3, -0.25) is 14.7 Å². The number of amides is 1. The second-order valence-corrected chi connectivity index (χ2v) is 7.41. The van der Waals surface area contributed by atoms with E-state index in [1.807, 2.05) is 17.0 Å². The van der Waals surface area contributed by atoms with Gasteiger partial charge in [0.2, 0.25) is 5.91 Å². The van der Waals surface area contributed by atoms with Crippen LogP contribution in [0.25, 0.3) is 21.7 Å². The van der Waals surface area contributed by atoms with Gasteiger partial charge in [0.15, 0.2) is 5.13 Å². The number of rotatable bonds is 3. The van der Waals surface area contributed by atoms with Crippen LogP contribution in [-0.4, -0.2) is 22.4 Å². The lowest BCUT2D eigenvalue weighted by molar-refractivity contribution is -0.117. The lowest BCUT2D eigenvalue weighted by Gasteiger charge is -2.10. The summed E-state index contributed by atoms with van der Waals surface area (Å²) in [6.07, 6.45) is 5.10. The molecule has 0 spiro atoms. The molecule has 3 aromatic rings. The minimum atomic E-state index is 0.169. The van der Waals surface area contributed by atoms with Crippen molar-refractivity contribution in [3.63, 3.8) is 0 Å². The average molecular weight is 349 g/mol. The number of thiazole rings is 1. The molecule has 0 aliphatic carbocycles. The number of pyridine rings is 1. The van der Waals surface area contributed by atoms with E-state index < -0.39 is 0 Å². The molecule has 0 atom stereocenters. The molecule has 1 aromatic carbocycles. The summed E-state index contributed by atoms with van der Waals surface area (Å²) in [4.78, 5) is 24.1. The molecule has 1 amide bonds. The van der Waals surface area contributed by atoms with Crippen LogP contribution in [0.15, 0.2) is 42.7 Å². The Kier molecular flexibility index (Phi) is 4.09. The number of carbonyl (C=O) groups excluding carboxylic acids is 1. The standard InChI is InChI=1S/C20H19N3OS/c1-13-10-14(2)12-16(11-13)18-19(15-5-7-21-8-6-15)25-20(22-18)23-9-3-4-17(23)24/h5-8,10-12H,3-4,9H2,1-2H3. The molecule has 4 nitrogen and oxygen atoms in total. The fraction of sp³-hybridized carbons (Fsp3) is 0.250. The monoisotopic (exact) mass is 349 g/mol. The zero-order valence-electron chi connectivity index (χ0n) is 14.3. The molecule has 25 heavy (non-hydrogen) atoms. The summed E-state index contributed by atoms with van der Waals surface area (Å²) in [6, 6.07) is 10.5. The zero-order chi connectivity index (χ0) is 17.4. The number of aromatic nitrogens is 2. The molecule has 5 heteroatoms. The number of hydrogen-bond donors (Lipinski definition) is 0. The highest BCUT2D eigenvalue weighted by Gasteiger charge is 2.26. The van der Waals surface area contributed by atoms with Crippen LogP contribution < -0.4 is 4.90 Å². The highest BCUT2D eigenvalue weighted by molar-refractivity contribution is 7.19. The third kappa shape index (κ3) is 3.07. The van der Waals surface area contributed by atoms with E-state index in [1.165, 1.54) is 11.1 Å². The van der Waals surface area contributed by atoms with E-state index in [-0.39, 0.29) is 5.91 Å². The minimum Gasteiger partial charge on any atom is -0.288 e. The second kappa shape index (κ2) is 6.41. The molecule has 126 valence electrons. The lowest BCUT2D eigenvalue weighted by atomic mass is 10.0. The largest absolute Gasteiger partial charge is 0.288 e. The van der Waals surface area contributed by atoms with E-state index in [4.69, 9.17) is 4.98 Å². The van der Waals surface area contributed by atoms with E-state index in [2.05, 4.69) is 37.0 Å². The van der Waals surface area contributed by atoms with Crippen LogP contribution in [0.3, 0.4) is 0 Å². The number of carbonyl (C=O) groups is 1. The van der Waals surface area contributed by atoms with Crippen molar-refractivity contribution in [2.24, 2.45) is 0 Å². The first kappa shape index (κ1) is 16.0. The van der Waals surface area contributed by atoms with Gasteiger partial charge >= 0.3 is 0 Å². The summed E-state index contributed by atoms with van der Waals surface area (Å²) in [7, 11) is 0. The van der Waals surface area contributed by atoms with Crippen molar-refractivity contribution in [1.82, 2.24) is 9.97 Å². The van der Waals surface area contributed by atoms with Gasteiger partial charge in [-0.15, -0.1) is 0 Å². The number of benzene rings is 1. The quantitative estimate of drug-likeness (QED) is 0.693. The molecular formula is C20H19N3OS. The predicted octanol–water partition coefficient (Wildman–Crippen LogP) is 4.62. The molecule has 3 heterocycles. The van der Waals surface area contributed by atoms with Crippen molar-refractivity contribution in [2.45, 2.75) is 26.7 Å². The molecule has 0 saturated carbocycles. The lowest BCUT2D eigenvalue weighted by Crippen LogP contribution is -2.23. The van der Waals surface area contributed by atoms with Gasteiger partial charge in [0.1, 0.15) is 0 Å². The Labute approximate surface area is 151 Å². The van der Waals surface area contributed by atoms with Crippen LogP contribution in [0.4, 0.5) is 5.13 Å². The van der Waals surface area contributed by atoms with Crippen molar-refractivity contribution in [3.8, 4) is 21.7 Å². The number of hydrogen-bond acceptors (Lipinski definition) is 4. The molecule has 0 bridgehead atoms. The van der Waals surface area contributed by atoms with Gasteiger partial charge in [-0.1, -0.05) is 28.5 Å². The second-order valence-electron chi connectivity index (χ2n) is 6.44. The summed E-state index contributed by atoms with van der Waals surface area (Å²) in [5.74, 6) is 0.169. The molecule has 1 aliphatic heterocycles. The van der Waals surface area contributed by atoms with Crippen molar-refractivity contribution in [1.29, 1.82) is 0 Å². The minimum absolute atomic E-state index is 0.169. The molecule has 1 saturated heterocycles. The van der Waals surface area contributed by atoms with Gasteiger partial charge in [0.05, 0.1) is 10.6 Å². The van der Waals surface area contributed by atoms with E-state index in [1.54, 1.807) is 23.7 Å². The van der Waals surface area contributed by atoms with Gasteiger partial charge in [0.25, 0.3) is 0 Å². The molecule has 1 fully saturated rings.